The molecule has 0 saturated carbocycles. The molecule has 8 nitrogen and oxygen atoms in total. The first-order valence-electron chi connectivity index (χ1n) is 5.02. The lowest BCUT2D eigenvalue weighted by molar-refractivity contribution is -0.384. The van der Waals surface area contributed by atoms with E-state index in [1.165, 1.54) is 23.3 Å². The Balaban J connectivity index is 2.14. The summed E-state index contributed by atoms with van der Waals surface area (Å²) < 4.78 is 0. The van der Waals surface area contributed by atoms with Gasteiger partial charge in [-0.1, -0.05) is 0 Å². The highest BCUT2D eigenvalue weighted by Crippen LogP contribution is 2.20. The maximum atomic E-state index is 10.7. The van der Waals surface area contributed by atoms with Gasteiger partial charge in [-0.2, -0.15) is 0 Å². The molecule has 0 N–H and O–H groups in total. The van der Waals surface area contributed by atoms with Gasteiger partial charge in [-0.3, -0.25) is 10.1 Å². The molecule has 3 rings (SSSR count). The largest absolute Gasteiger partial charge is 0.270 e. The zero-order chi connectivity index (χ0) is 12.5. The van der Waals surface area contributed by atoms with Gasteiger partial charge in [0.2, 0.25) is 0 Å². The number of aromatic nitrogens is 5. The van der Waals surface area contributed by atoms with Crippen LogP contribution >= 0.6 is 0 Å². The molecule has 0 bridgehead atoms. The number of rotatable bonds is 2. The SMILES string of the molecule is O=[N+]([O-])c1ccc2nc(-n3ncnn3)ccc2c1. The highest BCUT2D eigenvalue weighted by Gasteiger charge is 2.08. The van der Waals surface area contributed by atoms with E-state index in [0.29, 0.717) is 16.7 Å². The van der Waals surface area contributed by atoms with Crippen molar-refractivity contribution in [3.63, 3.8) is 0 Å². The molecular weight excluding hydrogens is 236 g/mol. The molecule has 18 heavy (non-hydrogen) atoms. The van der Waals surface area contributed by atoms with E-state index in [1.807, 2.05) is 0 Å². The predicted octanol–water partition coefficient (Wildman–Crippen LogP) is 1.12. The predicted molar refractivity (Wildman–Crippen MR) is 61.1 cm³/mol. The molecule has 88 valence electrons. The van der Waals surface area contributed by atoms with E-state index < -0.39 is 4.92 Å². The van der Waals surface area contributed by atoms with Crippen molar-refractivity contribution < 1.29 is 4.92 Å². The fraction of sp³-hybridized carbons (Fsp3) is 0. The van der Waals surface area contributed by atoms with Crippen LogP contribution in [-0.2, 0) is 0 Å². The lowest BCUT2D eigenvalue weighted by Gasteiger charge is -2.00. The first-order chi connectivity index (χ1) is 8.74. The molecule has 0 aliphatic carbocycles. The summed E-state index contributed by atoms with van der Waals surface area (Å²) in [7, 11) is 0. The van der Waals surface area contributed by atoms with E-state index in [0.717, 1.165) is 0 Å². The Morgan fingerprint density at radius 1 is 1.22 bits per heavy atom. The molecule has 8 heteroatoms. The Hall–Kier alpha value is -2.90. The third-order valence-corrected chi connectivity index (χ3v) is 2.42. The van der Waals surface area contributed by atoms with Gasteiger partial charge in [-0.15, -0.1) is 15.0 Å². The quantitative estimate of drug-likeness (QED) is 0.493. The lowest BCUT2D eigenvalue weighted by atomic mass is 10.2. The number of benzene rings is 1. The van der Waals surface area contributed by atoms with Crippen molar-refractivity contribution in [3.05, 3.63) is 46.8 Å². The first kappa shape index (κ1) is 10.3. The maximum Gasteiger partial charge on any atom is 0.270 e. The Bertz CT molecular complexity index is 724. The van der Waals surface area contributed by atoms with Crippen LogP contribution in [0.5, 0.6) is 0 Å². The smallest absolute Gasteiger partial charge is 0.258 e. The average Bonchev–Trinajstić information content (AvgIpc) is 2.91. The molecule has 0 aliphatic rings. The highest BCUT2D eigenvalue weighted by atomic mass is 16.6. The van der Waals surface area contributed by atoms with Crippen molar-refractivity contribution in [1.82, 2.24) is 25.2 Å². The van der Waals surface area contributed by atoms with Crippen LogP contribution in [0.4, 0.5) is 5.69 Å². The number of tetrazole rings is 1. The lowest BCUT2D eigenvalue weighted by Crippen LogP contribution is -2.01. The summed E-state index contributed by atoms with van der Waals surface area (Å²) in [5.41, 5.74) is 0.673. The standard InChI is InChI=1S/C10H6N6O2/c17-16(18)8-2-3-9-7(5-8)1-4-10(13-9)15-12-6-11-14-15/h1-6H. The monoisotopic (exact) mass is 242 g/mol. The third-order valence-electron chi connectivity index (χ3n) is 2.42. The molecule has 0 atom stereocenters. The van der Waals surface area contributed by atoms with E-state index in [9.17, 15) is 10.1 Å². The number of nitrogens with zero attached hydrogens (tertiary/aromatic N) is 6. The summed E-state index contributed by atoms with van der Waals surface area (Å²) in [5, 5.41) is 22.5. The van der Waals surface area contributed by atoms with E-state index in [2.05, 4.69) is 20.4 Å². The molecular formula is C10H6N6O2. The summed E-state index contributed by atoms with van der Waals surface area (Å²) >= 11 is 0. The summed E-state index contributed by atoms with van der Waals surface area (Å²) in [6, 6.07) is 7.88. The van der Waals surface area contributed by atoms with Crippen LogP contribution in [0.1, 0.15) is 0 Å². The molecule has 3 aromatic rings. The Labute approximate surface area is 100 Å². The molecule has 0 unspecified atom stereocenters. The number of pyridine rings is 1. The van der Waals surface area contributed by atoms with Crippen LogP contribution in [0.15, 0.2) is 36.7 Å². The van der Waals surface area contributed by atoms with Crippen molar-refractivity contribution in [2.75, 3.05) is 0 Å². The normalized spacial score (nSPS) is 10.7. The second kappa shape index (κ2) is 3.84. The van der Waals surface area contributed by atoms with Crippen molar-refractivity contribution in [2.45, 2.75) is 0 Å². The Kier molecular flexibility index (Phi) is 2.19. The van der Waals surface area contributed by atoms with Crippen molar-refractivity contribution in [2.24, 2.45) is 0 Å². The average molecular weight is 242 g/mol. The molecule has 0 amide bonds. The van der Waals surface area contributed by atoms with Crippen LogP contribution in [0.3, 0.4) is 0 Å². The summed E-state index contributed by atoms with van der Waals surface area (Å²) in [5.74, 6) is 0.508. The Morgan fingerprint density at radius 3 is 2.83 bits per heavy atom. The molecule has 0 radical (unpaired) electrons. The molecule has 1 aromatic carbocycles. The molecule has 2 heterocycles. The number of non-ortho nitro benzene ring substituents is 1. The Morgan fingerprint density at radius 2 is 2.11 bits per heavy atom. The van der Waals surface area contributed by atoms with Gasteiger partial charge in [0, 0.05) is 17.5 Å². The minimum atomic E-state index is -0.438. The van der Waals surface area contributed by atoms with E-state index in [-0.39, 0.29) is 5.69 Å². The van der Waals surface area contributed by atoms with Crippen LogP contribution in [0.25, 0.3) is 16.7 Å². The third kappa shape index (κ3) is 1.65. The van der Waals surface area contributed by atoms with Crippen molar-refractivity contribution in [3.8, 4) is 5.82 Å². The maximum absolute atomic E-state index is 10.7. The van der Waals surface area contributed by atoms with Crippen LogP contribution < -0.4 is 0 Å². The minimum Gasteiger partial charge on any atom is -0.258 e. The summed E-state index contributed by atoms with van der Waals surface area (Å²) in [6.45, 7) is 0. The fourth-order valence-corrected chi connectivity index (χ4v) is 1.60. The van der Waals surface area contributed by atoms with Crippen LogP contribution in [0.2, 0.25) is 0 Å². The molecule has 0 aliphatic heterocycles. The van der Waals surface area contributed by atoms with Gasteiger partial charge in [0.05, 0.1) is 10.4 Å². The second-order valence-electron chi connectivity index (χ2n) is 3.53. The van der Waals surface area contributed by atoms with Gasteiger partial charge in [0.15, 0.2) is 12.1 Å². The van der Waals surface area contributed by atoms with E-state index in [1.54, 1.807) is 18.2 Å². The van der Waals surface area contributed by atoms with E-state index in [4.69, 9.17) is 0 Å². The second-order valence-corrected chi connectivity index (χ2v) is 3.53. The molecule has 0 saturated heterocycles. The van der Waals surface area contributed by atoms with Gasteiger partial charge in [-0.25, -0.2) is 4.98 Å². The number of nitro groups is 1. The van der Waals surface area contributed by atoms with Gasteiger partial charge < -0.3 is 0 Å². The highest BCUT2D eigenvalue weighted by molar-refractivity contribution is 5.81. The first-order valence-corrected chi connectivity index (χ1v) is 5.02. The topological polar surface area (TPSA) is 99.6 Å². The molecule has 2 aromatic heterocycles. The summed E-state index contributed by atoms with van der Waals surface area (Å²) in [6.07, 6.45) is 1.31. The van der Waals surface area contributed by atoms with Gasteiger partial charge in [-0.05, 0) is 23.4 Å². The number of nitro benzene ring substituents is 1. The van der Waals surface area contributed by atoms with Crippen molar-refractivity contribution >= 4 is 16.6 Å². The minimum absolute atomic E-state index is 0.0379. The van der Waals surface area contributed by atoms with Gasteiger partial charge in [0.1, 0.15) is 0 Å². The fourth-order valence-electron chi connectivity index (χ4n) is 1.60. The van der Waals surface area contributed by atoms with Gasteiger partial charge in [0.25, 0.3) is 5.69 Å². The number of hydrogen-bond donors (Lipinski definition) is 0. The van der Waals surface area contributed by atoms with Crippen LogP contribution in [-0.4, -0.2) is 30.1 Å². The van der Waals surface area contributed by atoms with E-state index >= 15 is 0 Å². The zero-order valence-electron chi connectivity index (χ0n) is 8.96. The molecule has 0 fully saturated rings. The number of fused-ring (bicyclic) bond motifs is 1. The zero-order valence-corrected chi connectivity index (χ0v) is 8.96. The number of hydrogen-bond acceptors (Lipinski definition) is 6. The van der Waals surface area contributed by atoms with Gasteiger partial charge >= 0.3 is 0 Å². The summed E-state index contributed by atoms with van der Waals surface area (Å²) in [4.78, 5) is 15.8. The molecule has 0 spiro atoms. The van der Waals surface area contributed by atoms with Crippen LogP contribution in [0, 0.1) is 10.1 Å². The van der Waals surface area contributed by atoms with Crippen molar-refractivity contribution in [1.29, 1.82) is 0 Å².